The maximum Gasteiger partial charge on any atom is 0.320 e. The number of aryl methyl sites for hydroxylation is 1. The number of amides is 4. The van der Waals surface area contributed by atoms with E-state index in [9.17, 15) is 14.4 Å². The van der Waals surface area contributed by atoms with E-state index in [1.54, 1.807) is 28.9 Å². The second-order valence-electron chi connectivity index (χ2n) is 10.0. The standard InChI is InChI=1S/C28H34N4O6/c1-30-12-13-32(28(30)35)17-27(34)31-11-10-23-22(16-31)29-26(33)9-7-19-6-8-24(36-2)25(15-19)38-21-5-3-4-20(14-21)18-37-23/h3-6,8,14-15,22-23H,7,9-13,16-18H2,1-2H3,(H,29,33)/t22-,23+/m0/s1. The molecule has 3 aliphatic rings. The first-order valence-corrected chi connectivity index (χ1v) is 13.0. The van der Waals surface area contributed by atoms with Crippen LogP contribution in [-0.4, -0.2) is 91.6 Å². The number of urea groups is 1. The van der Waals surface area contributed by atoms with E-state index >= 15 is 0 Å². The van der Waals surface area contributed by atoms with Crippen molar-refractivity contribution in [2.75, 3.05) is 46.9 Å². The molecule has 1 N–H and O–H groups in total. The Morgan fingerprint density at radius 2 is 1.95 bits per heavy atom. The molecule has 10 nitrogen and oxygen atoms in total. The van der Waals surface area contributed by atoms with Crippen LogP contribution in [-0.2, 0) is 27.4 Å². The molecule has 38 heavy (non-hydrogen) atoms. The van der Waals surface area contributed by atoms with Gasteiger partial charge >= 0.3 is 6.03 Å². The van der Waals surface area contributed by atoms with Gasteiger partial charge in [0.1, 0.15) is 12.3 Å². The lowest BCUT2D eigenvalue weighted by Crippen LogP contribution is -2.58. The molecule has 202 valence electrons. The zero-order valence-electron chi connectivity index (χ0n) is 21.9. The van der Waals surface area contributed by atoms with Gasteiger partial charge in [0.25, 0.3) is 0 Å². The Bertz CT molecular complexity index is 1200. The van der Waals surface area contributed by atoms with Crippen molar-refractivity contribution in [3.05, 3.63) is 53.6 Å². The number of nitrogens with one attached hydrogen (secondary N) is 1. The summed E-state index contributed by atoms with van der Waals surface area (Å²) in [7, 11) is 3.33. The molecule has 0 spiro atoms. The van der Waals surface area contributed by atoms with Crippen molar-refractivity contribution >= 4 is 17.8 Å². The monoisotopic (exact) mass is 522 g/mol. The summed E-state index contributed by atoms with van der Waals surface area (Å²) in [6, 6.07) is 12.9. The number of hydrogen-bond acceptors (Lipinski definition) is 6. The summed E-state index contributed by atoms with van der Waals surface area (Å²) in [6.07, 6.45) is 1.14. The number of nitrogens with zero attached hydrogens (tertiary/aromatic N) is 3. The number of carbonyl (C=O) groups excluding carboxylic acids is 3. The highest BCUT2D eigenvalue weighted by Gasteiger charge is 2.35. The van der Waals surface area contributed by atoms with Gasteiger partial charge in [0.15, 0.2) is 11.5 Å². The Morgan fingerprint density at radius 3 is 2.74 bits per heavy atom. The SMILES string of the molecule is COc1ccc2cc1Oc1cccc(c1)CO[C@@H]1CCN(C(=O)CN3CCN(C)C3=O)C[C@@H]1NC(=O)CC2. The normalized spacial score (nSPS) is 22.1. The minimum absolute atomic E-state index is 0.0436. The van der Waals surface area contributed by atoms with Crippen LogP contribution in [0.5, 0.6) is 17.2 Å². The molecule has 2 aromatic rings. The molecule has 0 radical (unpaired) electrons. The topological polar surface area (TPSA) is 101 Å². The van der Waals surface area contributed by atoms with E-state index in [2.05, 4.69) is 5.32 Å². The molecule has 0 saturated carbocycles. The molecule has 0 aromatic heterocycles. The van der Waals surface area contributed by atoms with Crippen LogP contribution >= 0.6 is 0 Å². The number of carbonyl (C=O) groups is 3. The molecular formula is C28H34N4O6. The maximum absolute atomic E-state index is 13.1. The molecule has 10 heteroatoms. The number of benzene rings is 2. The summed E-state index contributed by atoms with van der Waals surface area (Å²) < 4.78 is 17.9. The summed E-state index contributed by atoms with van der Waals surface area (Å²) in [4.78, 5) is 43.2. The summed E-state index contributed by atoms with van der Waals surface area (Å²) in [5.74, 6) is 1.64. The molecule has 2 atom stereocenters. The van der Waals surface area contributed by atoms with Crippen LogP contribution in [0.1, 0.15) is 24.0 Å². The van der Waals surface area contributed by atoms with Crippen LogP contribution in [0.25, 0.3) is 0 Å². The van der Waals surface area contributed by atoms with Crippen LogP contribution in [0.2, 0.25) is 0 Å². The second kappa shape index (κ2) is 11.3. The maximum atomic E-state index is 13.1. The predicted molar refractivity (Wildman–Crippen MR) is 139 cm³/mol. The van der Waals surface area contributed by atoms with Crippen molar-refractivity contribution in [2.24, 2.45) is 0 Å². The molecule has 0 unspecified atom stereocenters. The number of rotatable bonds is 3. The largest absolute Gasteiger partial charge is 0.493 e. The molecule has 0 aliphatic carbocycles. The minimum Gasteiger partial charge on any atom is -0.493 e. The van der Waals surface area contributed by atoms with Gasteiger partial charge in [-0.2, -0.15) is 0 Å². The van der Waals surface area contributed by atoms with Crippen LogP contribution in [0, 0.1) is 0 Å². The van der Waals surface area contributed by atoms with Crippen LogP contribution in [0.3, 0.4) is 0 Å². The average Bonchev–Trinajstić information content (AvgIpc) is 3.23. The Morgan fingerprint density at radius 1 is 1.08 bits per heavy atom. The highest BCUT2D eigenvalue weighted by molar-refractivity contribution is 5.85. The molecule has 5 rings (SSSR count). The fourth-order valence-electron chi connectivity index (χ4n) is 5.13. The molecule has 4 amide bonds. The fourth-order valence-corrected chi connectivity index (χ4v) is 5.13. The van der Waals surface area contributed by atoms with Crippen molar-refractivity contribution in [1.29, 1.82) is 0 Å². The number of piperidine rings is 1. The molecule has 3 heterocycles. The van der Waals surface area contributed by atoms with Gasteiger partial charge in [0.05, 0.1) is 25.9 Å². The zero-order chi connectivity index (χ0) is 26.6. The van der Waals surface area contributed by atoms with Gasteiger partial charge in [-0.25, -0.2) is 4.79 Å². The lowest BCUT2D eigenvalue weighted by Gasteiger charge is -2.39. The smallest absolute Gasteiger partial charge is 0.320 e. The number of ether oxygens (including phenoxy) is 3. The lowest BCUT2D eigenvalue weighted by molar-refractivity contribution is -0.137. The summed E-state index contributed by atoms with van der Waals surface area (Å²) in [6.45, 7) is 2.38. The first-order chi connectivity index (χ1) is 18.4. The van der Waals surface area contributed by atoms with E-state index in [0.29, 0.717) is 62.9 Å². The second-order valence-corrected chi connectivity index (χ2v) is 10.0. The molecule has 2 saturated heterocycles. The van der Waals surface area contributed by atoms with Crippen LogP contribution < -0.4 is 14.8 Å². The number of likely N-dealkylation sites (tertiary alicyclic amines) is 1. The Kier molecular flexibility index (Phi) is 7.69. The van der Waals surface area contributed by atoms with Gasteiger partial charge in [-0.1, -0.05) is 18.2 Å². The highest BCUT2D eigenvalue weighted by Crippen LogP contribution is 2.33. The highest BCUT2D eigenvalue weighted by atomic mass is 16.5. The summed E-state index contributed by atoms with van der Waals surface area (Å²) >= 11 is 0. The third-order valence-electron chi connectivity index (χ3n) is 7.34. The van der Waals surface area contributed by atoms with Crippen LogP contribution in [0.15, 0.2) is 42.5 Å². The van der Waals surface area contributed by atoms with Crippen molar-refractivity contribution in [2.45, 2.75) is 38.0 Å². The lowest BCUT2D eigenvalue weighted by atomic mass is 10.0. The van der Waals surface area contributed by atoms with Gasteiger partial charge in [-0.3, -0.25) is 9.59 Å². The predicted octanol–water partition coefficient (Wildman–Crippen LogP) is 2.40. The van der Waals surface area contributed by atoms with Crippen molar-refractivity contribution in [1.82, 2.24) is 20.0 Å². The van der Waals surface area contributed by atoms with E-state index in [1.807, 2.05) is 42.5 Å². The number of fused-ring (bicyclic) bond motifs is 5. The van der Waals surface area contributed by atoms with Gasteiger partial charge in [-0.05, 0) is 48.2 Å². The van der Waals surface area contributed by atoms with E-state index < -0.39 is 0 Å². The quantitative estimate of drug-likeness (QED) is 0.665. The van der Waals surface area contributed by atoms with E-state index in [-0.39, 0.29) is 43.0 Å². The van der Waals surface area contributed by atoms with Crippen molar-refractivity contribution < 1.29 is 28.6 Å². The third-order valence-corrected chi connectivity index (χ3v) is 7.34. The molecule has 4 bridgehead atoms. The fraction of sp³-hybridized carbons (Fsp3) is 0.464. The van der Waals surface area contributed by atoms with Crippen molar-refractivity contribution in [3.8, 4) is 17.2 Å². The third kappa shape index (κ3) is 5.85. The molecule has 3 aliphatic heterocycles. The van der Waals surface area contributed by atoms with Crippen molar-refractivity contribution in [3.63, 3.8) is 0 Å². The minimum atomic E-state index is -0.354. The molecule has 2 fully saturated rings. The molecular weight excluding hydrogens is 488 g/mol. The first kappa shape index (κ1) is 25.8. The van der Waals surface area contributed by atoms with E-state index in [0.717, 1.165) is 11.1 Å². The Labute approximate surface area is 222 Å². The van der Waals surface area contributed by atoms with Gasteiger partial charge < -0.3 is 34.2 Å². The Hall–Kier alpha value is -3.79. The molecule has 2 aromatic carbocycles. The summed E-state index contributed by atoms with van der Waals surface area (Å²) in [5, 5.41) is 3.12. The van der Waals surface area contributed by atoms with Crippen LogP contribution in [0.4, 0.5) is 4.79 Å². The Balaban J connectivity index is 1.33. The zero-order valence-corrected chi connectivity index (χ0v) is 21.9. The summed E-state index contributed by atoms with van der Waals surface area (Å²) in [5.41, 5.74) is 1.89. The van der Waals surface area contributed by atoms with Gasteiger partial charge in [0, 0.05) is 39.6 Å². The van der Waals surface area contributed by atoms with Gasteiger partial charge in [0.2, 0.25) is 11.8 Å². The van der Waals surface area contributed by atoms with E-state index in [1.165, 1.54) is 0 Å². The van der Waals surface area contributed by atoms with Gasteiger partial charge in [-0.15, -0.1) is 0 Å². The average molecular weight is 523 g/mol. The number of methoxy groups -OCH3 is 1. The first-order valence-electron chi connectivity index (χ1n) is 13.0. The van der Waals surface area contributed by atoms with E-state index in [4.69, 9.17) is 14.2 Å². The number of likely N-dealkylation sites (N-methyl/N-ethyl adjacent to an activating group) is 1. The number of hydrogen-bond donors (Lipinski definition) is 1.